The highest BCUT2D eigenvalue weighted by Crippen LogP contribution is 2.32. The summed E-state index contributed by atoms with van der Waals surface area (Å²) < 4.78 is 0. The SMILES string of the molecule is CC(C)CC(C(=O)NCc1ccc(Cl)c(Cl)c1)N1CCC(CCc2ccccc2)N2C[C@H](N(C)C)C[C@H]2C1=O. The Labute approximate surface area is 243 Å². The number of aryl methyl sites for hydroxylation is 1. The first-order valence-corrected chi connectivity index (χ1v) is 14.9. The van der Waals surface area contributed by atoms with Gasteiger partial charge in [0.15, 0.2) is 0 Å². The molecule has 0 radical (unpaired) electrons. The van der Waals surface area contributed by atoms with Gasteiger partial charge < -0.3 is 15.1 Å². The van der Waals surface area contributed by atoms with E-state index in [4.69, 9.17) is 23.2 Å². The number of hydrogen-bond donors (Lipinski definition) is 1. The van der Waals surface area contributed by atoms with Gasteiger partial charge in [-0.15, -0.1) is 0 Å². The summed E-state index contributed by atoms with van der Waals surface area (Å²) in [5, 5.41) is 4.02. The molecule has 8 heteroatoms. The third-order valence-electron chi connectivity index (χ3n) is 8.22. The molecule has 2 aromatic carbocycles. The van der Waals surface area contributed by atoms with Gasteiger partial charge in [0.05, 0.1) is 16.1 Å². The van der Waals surface area contributed by atoms with Crippen LogP contribution in [-0.4, -0.2) is 77.9 Å². The maximum Gasteiger partial charge on any atom is 0.243 e. The Kier molecular flexibility index (Phi) is 10.3. The van der Waals surface area contributed by atoms with Gasteiger partial charge in [-0.05, 0) is 75.4 Å². The molecule has 2 heterocycles. The van der Waals surface area contributed by atoms with Crippen molar-refractivity contribution in [2.45, 2.75) is 76.7 Å². The molecule has 4 rings (SSSR count). The van der Waals surface area contributed by atoms with E-state index in [-0.39, 0.29) is 23.8 Å². The second kappa shape index (κ2) is 13.5. The first-order chi connectivity index (χ1) is 18.6. The second-order valence-electron chi connectivity index (χ2n) is 11.7. The van der Waals surface area contributed by atoms with Gasteiger partial charge in [-0.1, -0.05) is 73.4 Å². The smallest absolute Gasteiger partial charge is 0.243 e. The molecule has 2 amide bonds. The number of fused-ring (bicyclic) bond motifs is 1. The average molecular weight is 574 g/mol. The summed E-state index contributed by atoms with van der Waals surface area (Å²) in [4.78, 5) is 34.3. The molecule has 2 unspecified atom stereocenters. The highest BCUT2D eigenvalue weighted by molar-refractivity contribution is 6.42. The molecule has 0 bridgehead atoms. The Hall–Kier alpha value is -2.12. The van der Waals surface area contributed by atoms with Crippen LogP contribution in [0.1, 0.15) is 50.7 Å². The zero-order chi connectivity index (χ0) is 28.1. The number of nitrogens with one attached hydrogen (secondary N) is 1. The summed E-state index contributed by atoms with van der Waals surface area (Å²) >= 11 is 12.2. The topological polar surface area (TPSA) is 55.9 Å². The van der Waals surface area contributed by atoms with Gasteiger partial charge in [0.25, 0.3) is 0 Å². The van der Waals surface area contributed by atoms with Crippen molar-refractivity contribution >= 4 is 35.0 Å². The van der Waals surface area contributed by atoms with E-state index in [9.17, 15) is 9.59 Å². The Morgan fingerprint density at radius 1 is 1.08 bits per heavy atom. The summed E-state index contributed by atoms with van der Waals surface area (Å²) in [5.74, 6) is 0.251. The first-order valence-electron chi connectivity index (χ1n) is 14.1. The third kappa shape index (κ3) is 7.55. The summed E-state index contributed by atoms with van der Waals surface area (Å²) in [6, 6.07) is 15.9. The number of halogens is 2. The number of amides is 2. The molecule has 39 heavy (non-hydrogen) atoms. The predicted molar refractivity (Wildman–Crippen MR) is 159 cm³/mol. The number of carbonyl (C=O) groups is 2. The van der Waals surface area contributed by atoms with Crippen molar-refractivity contribution in [2.75, 3.05) is 27.2 Å². The summed E-state index contributed by atoms with van der Waals surface area (Å²) in [7, 11) is 4.19. The van der Waals surface area contributed by atoms with E-state index in [1.807, 2.05) is 17.0 Å². The van der Waals surface area contributed by atoms with Gasteiger partial charge in [0.1, 0.15) is 6.04 Å². The lowest BCUT2D eigenvalue weighted by molar-refractivity contribution is -0.143. The Morgan fingerprint density at radius 3 is 2.49 bits per heavy atom. The van der Waals surface area contributed by atoms with Gasteiger partial charge in [0, 0.05) is 31.7 Å². The molecule has 2 aliphatic rings. The molecule has 212 valence electrons. The van der Waals surface area contributed by atoms with E-state index in [2.05, 4.69) is 67.3 Å². The van der Waals surface area contributed by atoms with Crippen LogP contribution in [0.3, 0.4) is 0 Å². The molecule has 0 aromatic heterocycles. The molecule has 0 saturated carbocycles. The standard InChI is InChI=1S/C31H42Cl2N4O2/c1-21(2)16-28(30(38)34-19-23-11-13-26(32)27(33)17-23)36-15-14-24(12-10-22-8-6-5-7-9-22)37-20-25(35(3)4)18-29(37)31(36)39/h5-9,11,13,17,21,24-25,28-29H,10,12,14-16,18-20H2,1-4H3,(H,34,38)/t24?,25-,28?,29+/m1/s1. The normalized spacial score (nSPS) is 22.7. The fourth-order valence-electron chi connectivity index (χ4n) is 5.99. The fraction of sp³-hybridized carbons (Fsp3) is 0.548. The molecule has 4 atom stereocenters. The quantitative estimate of drug-likeness (QED) is 0.421. The Balaban J connectivity index is 1.53. The maximum absolute atomic E-state index is 14.2. The van der Waals surface area contributed by atoms with Crippen molar-refractivity contribution in [1.29, 1.82) is 0 Å². The highest BCUT2D eigenvalue weighted by Gasteiger charge is 2.46. The predicted octanol–water partition coefficient (Wildman–Crippen LogP) is 5.26. The van der Waals surface area contributed by atoms with Crippen LogP contribution in [0.15, 0.2) is 48.5 Å². The summed E-state index contributed by atoms with van der Waals surface area (Å²) in [5.41, 5.74) is 2.20. The Morgan fingerprint density at radius 2 is 1.82 bits per heavy atom. The summed E-state index contributed by atoms with van der Waals surface area (Å²) in [6.45, 7) is 6.02. The number of likely N-dealkylation sites (N-methyl/N-ethyl adjacent to an activating group) is 1. The van der Waals surface area contributed by atoms with Crippen LogP contribution in [0.4, 0.5) is 0 Å². The lowest BCUT2D eigenvalue weighted by Gasteiger charge is -2.33. The van der Waals surface area contributed by atoms with Crippen LogP contribution in [0.5, 0.6) is 0 Å². The number of nitrogens with zero attached hydrogens (tertiary/aromatic N) is 3. The van der Waals surface area contributed by atoms with Crippen molar-refractivity contribution in [3.8, 4) is 0 Å². The zero-order valence-corrected chi connectivity index (χ0v) is 25.1. The molecule has 2 saturated heterocycles. The van der Waals surface area contributed by atoms with E-state index < -0.39 is 6.04 Å². The van der Waals surface area contributed by atoms with Crippen LogP contribution in [0.2, 0.25) is 10.0 Å². The van der Waals surface area contributed by atoms with Gasteiger partial charge in [-0.2, -0.15) is 0 Å². The maximum atomic E-state index is 14.2. The van der Waals surface area contributed by atoms with Crippen molar-refractivity contribution in [3.05, 3.63) is 69.7 Å². The molecule has 6 nitrogen and oxygen atoms in total. The molecule has 0 aliphatic carbocycles. The van der Waals surface area contributed by atoms with E-state index in [0.29, 0.717) is 41.6 Å². The van der Waals surface area contributed by atoms with Gasteiger partial charge in [-0.3, -0.25) is 14.5 Å². The van der Waals surface area contributed by atoms with Crippen molar-refractivity contribution < 1.29 is 9.59 Å². The van der Waals surface area contributed by atoms with E-state index in [1.54, 1.807) is 12.1 Å². The molecular weight excluding hydrogens is 531 g/mol. The monoisotopic (exact) mass is 572 g/mol. The van der Waals surface area contributed by atoms with E-state index >= 15 is 0 Å². The average Bonchev–Trinajstić information content (AvgIpc) is 3.31. The van der Waals surface area contributed by atoms with E-state index in [0.717, 1.165) is 37.8 Å². The van der Waals surface area contributed by atoms with Crippen LogP contribution in [0.25, 0.3) is 0 Å². The minimum atomic E-state index is -0.506. The second-order valence-corrected chi connectivity index (χ2v) is 12.5. The van der Waals surface area contributed by atoms with Crippen LogP contribution in [0, 0.1) is 5.92 Å². The van der Waals surface area contributed by atoms with Gasteiger partial charge in [-0.25, -0.2) is 0 Å². The summed E-state index contributed by atoms with van der Waals surface area (Å²) in [6.07, 6.45) is 4.26. The zero-order valence-electron chi connectivity index (χ0n) is 23.6. The number of rotatable bonds is 10. The minimum Gasteiger partial charge on any atom is -0.350 e. The van der Waals surface area contributed by atoms with Crippen molar-refractivity contribution in [2.24, 2.45) is 5.92 Å². The van der Waals surface area contributed by atoms with Crippen LogP contribution >= 0.6 is 23.2 Å². The first kappa shape index (κ1) is 29.9. The molecule has 2 aromatic rings. The molecular formula is C31H42Cl2N4O2. The van der Waals surface area contributed by atoms with Gasteiger partial charge in [0.2, 0.25) is 11.8 Å². The Bertz CT molecular complexity index is 1130. The largest absolute Gasteiger partial charge is 0.350 e. The molecule has 2 aliphatic heterocycles. The number of carbonyl (C=O) groups excluding carboxylic acids is 2. The lowest BCUT2D eigenvalue weighted by Crippen LogP contribution is -2.53. The van der Waals surface area contributed by atoms with Gasteiger partial charge >= 0.3 is 0 Å². The third-order valence-corrected chi connectivity index (χ3v) is 8.96. The number of benzene rings is 2. The molecule has 1 N–H and O–H groups in total. The highest BCUT2D eigenvalue weighted by atomic mass is 35.5. The van der Waals surface area contributed by atoms with Crippen molar-refractivity contribution in [1.82, 2.24) is 20.0 Å². The molecule has 2 fully saturated rings. The lowest BCUT2D eigenvalue weighted by atomic mass is 9.99. The minimum absolute atomic E-state index is 0.0944. The van der Waals surface area contributed by atoms with Crippen LogP contribution in [-0.2, 0) is 22.6 Å². The van der Waals surface area contributed by atoms with Crippen LogP contribution < -0.4 is 5.32 Å². The molecule has 0 spiro atoms. The fourth-order valence-corrected chi connectivity index (χ4v) is 6.31. The van der Waals surface area contributed by atoms with Crippen molar-refractivity contribution in [3.63, 3.8) is 0 Å². The number of hydrogen-bond acceptors (Lipinski definition) is 4. The van der Waals surface area contributed by atoms with E-state index in [1.165, 1.54) is 5.56 Å².